The number of nitrogens with one attached hydrogen (secondary N) is 2. The summed E-state index contributed by atoms with van der Waals surface area (Å²) in [4.78, 5) is 16.9. The second kappa shape index (κ2) is 8.38. The zero-order chi connectivity index (χ0) is 19.3. The van der Waals surface area contributed by atoms with E-state index in [-0.39, 0.29) is 11.4 Å². The van der Waals surface area contributed by atoms with E-state index in [2.05, 4.69) is 15.0 Å². The molecule has 0 radical (unpaired) electrons. The minimum Gasteiger partial charge on any atom is -0.351 e. The van der Waals surface area contributed by atoms with E-state index in [1.165, 1.54) is 12.1 Å². The Balaban J connectivity index is 1.55. The van der Waals surface area contributed by atoms with Crippen LogP contribution in [0.2, 0.25) is 0 Å². The highest BCUT2D eigenvalue weighted by atomic mass is 32.2. The van der Waals surface area contributed by atoms with E-state index < -0.39 is 28.3 Å². The van der Waals surface area contributed by atoms with E-state index in [1.54, 1.807) is 23.7 Å². The predicted octanol–water partition coefficient (Wildman–Crippen LogP) is 2.54. The monoisotopic (exact) mass is 405 g/mol. The molecule has 0 unspecified atom stereocenters. The highest BCUT2D eigenvalue weighted by Crippen LogP contribution is 2.24. The van der Waals surface area contributed by atoms with Crippen LogP contribution in [0.4, 0.5) is 4.39 Å². The summed E-state index contributed by atoms with van der Waals surface area (Å²) in [5.41, 5.74) is 1.74. The fourth-order valence-electron chi connectivity index (χ4n) is 2.30. The van der Waals surface area contributed by atoms with Gasteiger partial charge >= 0.3 is 0 Å². The van der Waals surface area contributed by atoms with Crippen LogP contribution in [0.15, 0.2) is 65.1 Å². The van der Waals surface area contributed by atoms with Gasteiger partial charge in [0.15, 0.2) is 0 Å². The van der Waals surface area contributed by atoms with E-state index in [0.29, 0.717) is 0 Å². The summed E-state index contributed by atoms with van der Waals surface area (Å²) in [7, 11) is -3.96. The zero-order valence-corrected chi connectivity index (χ0v) is 15.7. The largest absolute Gasteiger partial charge is 0.351 e. The number of carbonyl (C=O) groups excluding carboxylic acids is 1. The first-order valence-electron chi connectivity index (χ1n) is 7.94. The first kappa shape index (κ1) is 19.2. The number of hydrogen-bond acceptors (Lipinski definition) is 5. The molecule has 0 fully saturated rings. The molecule has 6 nitrogen and oxygen atoms in total. The molecule has 0 saturated carbocycles. The third-order valence-electron chi connectivity index (χ3n) is 3.62. The third-order valence-corrected chi connectivity index (χ3v) is 5.94. The van der Waals surface area contributed by atoms with Gasteiger partial charge in [0, 0.05) is 29.4 Å². The van der Waals surface area contributed by atoms with Crippen molar-refractivity contribution in [2.75, 3.05) is 6.54 Å². The van der Waals surface area contributed by atoms with Crippen molar-refractivity contribution in [2.45, 2.75) is 11.4 Å². The molecule has 2 aromatic heterocycles. The topological polar surface area (TPSA) is 88.2 Å². The lowest BCUT2D eigenvalue weighted by Gasteiger charge is -2.08. The fraction of sp³-hybridized carbons (Fsp3) is 0.111. The molecule has 9 heteroatoms. The van der Waals surface area contributed by atoms with Gasteiger partial charge in [-0.15, -0.1) is 11.3 Å². The van der Waals surface area contributed by atoms with E-state index >= 15 is 0 Å². The molecular formula is C18H16FN3O3S2. The Morgan fingerprint density at radius 3 is 2.74 bits per heavy atom. The lowest BCUT2D eigenvalue weighted by Crippen LogP contribution is -2.36. The molecule has 0 aliphatic carbocycles. The van der Waals surface area contributed by atoms with E-state index in [9.17, 15) is 17.6 Å². The average Bonchev–Trinajstić information content (AvgIpc) is 3.20. The molecule has 3 aromatic rings. The summed E-state index contributed by atoms with van der Waals surface area (Å²) < 4.78 is 39.5. The SMILES string of the molecule is O=C(CNS(=O)(=O)c1cccc(F)c1)NCc1cncc(-c2cccs2)c1. The zero-order valence-electron chi connectivity index (χ0n) is 14.1. The molecule has 0 atom stereocenters. The van der Waals surface area contributed by atoms with Crippen molar-refractivity contribution in [1.29, 1.82) is 0 Å². The number of benzene rings is 1. The first-order valence-corrected chi connectivity index (χ1v) is 10.3. The van der Waals surface area contributed by atoms with Gasteiger partial charge in [0.1, 0.15) is 5.82 Å². The molecule has 1 aromatic carbocycles. The maximum absolute atomic E-state index is 13.2. The maximum atomic E-state index is 13.2. The van der Waals surface area contributed by atoms with Crippen LogP contribution < -0.4 is 10.0 Å². The van der Waals surface area contributed by atoms with Crippen molar-refractivity contribution in [3.05, 3.63) is 71.6 Å². The first-order chi connectivity index (χ1) is 12.9. The van der Waals surface area contributed by atoms with Crippen LogP contribution in [-0.2, 0) is 21.4 Å². The van der Waals surface area contributed by atoms with Crippen LogP contribution in [0, 0.1) is 5.82 Å². The number of amides is 1. The molecular weight excluding hydrogens is 389 g/mol. The summed E-state index contributed by atoms with van der Waals surface area (Å²) in [6, 6.07) is 10.4. The van der Waals surface area contributed by atoms with Crippen molar-refractivity contribution in [1.82, 2.24) is 15.0 Å². The van der Waals surface area contributed by atoms with Gasteiger partial charge in [0.05, 0.1) is 11.4 Å². The minimum absolute atomic E-state index is 0.215. The molecule has 2 heterocycles. The number of pyridine rings is 1. The van der Waals surface area contributed by atoms with Gasteiger partial charge in [0.2, 0.25) is 15.9 Å². The molecule has 2 N–H and O–H groups in total. The van der Waals surface area contributed by atoms with Crippen LogP contribution in [0.25, 0.3) is 10.4 Å². The van der Waals surface area contributed by atoms with Crippen molar-refractivity contribution in [3.63, 3.8) is 0 Å². The Labute approximate surface area is 160 Å². The molecule has 0 aliphatic heterocycles. The van der Waals surface area contributed by atoms with Crippen LogP contribution in [-0.4, -0.2) is 25.9 Å². The van der Waals surface area contributed by atoms with Gasteiger partial charge in [-0.1, -0.05) is 12.1 Å². The standard InChI is InChI=1S/C18H16FN3O3S2/c19-15-3-1-4-16(8-15)27(24,25)22-12-18(23)21-10-13-7-14(11-20-9-13)17-5-2-6-26-17/h1-9,11,22H,10,12H2,(H,21,23). The van der Waals surface area contributed by atoms with Crippen molar-refractivity contribution in [2.24, 2.45) is 0 Å². The number of carbonyl (C=O) groups is 1. The van der Waals surface area contributed by atoms with Gasteiger partial charge in [0.25, 0.3) is 0 Å². The van der Waals surface area contributed by atoms with Gasteiger partial charge in [-0.3, -0.25) is 9.78 Å². The number of nitrogens with zero attached hydrogens (tertiary/aromatic N) is 1. The number of rotatable bonds is 7. The highest BCUT2D eigenvalue weighted by Gasteiger charge is 2.16. The van der Waals surface area contributed by atoms with Gasteiger partial charge < -0.3 is 5.32 Å². The summed E-state index contributed by atoms with van der Waals surface area (Å²) in [6.45, 7) is -0.233. The Morgan fingerprint density at radius 1 is 1.15 bits per heavy atom. The minimum atomic E-state index is -3.96. The Hall–Kier alpha value is -2.62. The van der Waals surface area contributed by atoms with Gasteiger partial charge in [-0.25, -0.2) is 17.5 Å². The smallest absolute Gasteiger partial charge is 0.241 e. The van der Waals surface area contributed by atoms with Gasteiger partial charge in [-0.05, 0) is 41.3 Å². The second-order valence-electron chi connectivity index (χ2n) is 5.62. The number of aromatic nitrogens is 1. The average molecular weight is 405 g/mol. The Kier molecular flexibility index (Phi) is 5.94. The van der Waals surface area contributed by atoms with Crippen LogP contribution in [0.1, 0.15) is 5.56 Å². The van der Waals surface area contributed by atoms with Crippen molar-refractivity contribution >= 4 is 27.3 Å². The lowest BCUT2D eigenvalue weighted by molar-refractivity contribution is -0.120. The molecule has 1 amide bonds. The predicted molar refractivity (Wildman–Crippen MR) is 101 cm³/mol. The summed E-state index contributed by atoms with van der Waals surface area (Å²) >= 11 is 1.59. The molecule has 0 saturated heterocycles. The quantitative estimate of drug-likeness (QED) is 0.632. The van der Waals surface area contributed by atoms with Crippen molar-refractivity contribution < 1.29 is 17.6 Å². The summed E-state index contributed by atoms with van der Waals surface area (Å²) in [5.74, 6) is -1.17. The molecule has 0 aliphatic rings. The van der Waals surface area contributed by atoms with Crippen molar-refractivity contribution in [3.8, 4) is 10.4 Å². The second-order valence-corrected chi connectivity index (χ2v) is 8.33. The van der Waals surface area contributed by atoms with Crippen LogP contribution in [0.3, 0.4) is 0 Å². The third kappa shape index (κ3) is 5.19. The lowest BCUT2D eigenvalue weighted by atomic mass is 10.2. The molecule has 3 rings (SSSR count). The number of sulfonamides is 1. The summed E-state index contributed by atoms with van der Waals surface area (Å²) in [6.07, 6.45) is 3.37. The number of thiophene rings is 1. The summed E-state index contributed by atoms with van der Waals surface area (Å²) in [5, 5.41) is 4.60. The van der Waals surface area contributed by atoms with E-state index in [1.807, 2.05) is 23.6 Å². The number of halogens is 1. The van der Waals surface area contributed by atoms with Crippen LogP contribution >= 0.6 is 11.3 Å². The molecule has 140 valence electrons. The van der Waals surface area contributed by atoms with E-state index in [4.69, 9.17) is 0 Å². The molecule has 0 spiro atoms. The van der Waals surface area contributed by atoms with Gasteiger partial charge in [-0.2, -0.15) is 0 Å². The van der Waals surface area contributed by atoms with Crippen LogP contribution in [0.5, 0.6) is 0 Å². The Bertz CT molecular complexity index is 1040. The van der Waals surface area contributed by atoms with E-state index in [0.717, 1.165) is 28.1 Å². The maximum Gasteiger partial charge on any atom is 0.241 e. The molecule has 27 heavy (non-hydrogen) atoms. The molecule has 0 bridgehead atoms. The highest BCUT2D eigenvalue weighted by molar-refractivity contribution is 7.89. The number of hydrogen-bond donors (Lipinski definition) is 2. The Morgan fingerprint density at radius 2 is 2.00 bits per heavy atom. The normalized spacial score (nSPS) is 11.3. The fourth-order valence-corrected chi connectivity index (χ4v) is 4.02.